The van der Waals surface area contributed by atoms with Gasteiger partial charge in [-0.15, -0.1) is 0 Å². The van der Waals surface area contributed by atoms with E-state index in [4.69, 9.17) is 0 Å². The number of rotatable bonds is 7. The van der Waals surface area contributed by atoms with Gasteiger partial charge in [0, 0.05) is 57.1 Å². The van der Waals surface area contributed by atoms with Gasteiger partial charge in [-0.1, -0.05) is 6.07 Å². The molecule has 0 radical (unpaired) electrons. The third-order valence-corrected chi connectivity index (χ3v) is 5.49. The van der Waals surface area contributed by atoms with Crippen molar-refractivity contribution in [1.82, 2.24) is 19.8 Å². The van der Waals surface area contributed by atoms with Gasteiger partial charge in [-0.2, -0.15) is 5.26 Å². The van der Waals surface area contributed by atoms with Crippen molar-refractivity contribution in [3.05, 3.63) is 46.9 Å². The molecule has 1 fully saturated rings. The first kappa shape index (κ1) is 25.4. The number of likely N-dealkylation sites (N-methyl/N-ethyl adjacent to an activating group) is 1. The van der Waals surface area contributed by atoms with E-state index in [1.807, 2.05) is 36.6 Å². The van der Waals surface area contributed by atoms with E-state index in [1.165, 1.54) is 18.1 Å². The lowest BCUT2D eigenvalue weighted by atomic mass is 10.1. The van der Waals surface area contributed by atoms with Crippen LogP contribution in [0.4, 0.5) is 22.1 Å². The molecule has 0 spiro atoms. The molecule has 0 bridgehead atoms. The minimum Gasteiger partial charge on any atom is -0.382 e. The summed E-state index contributed by atoms with van der Waals surface area (Å²) in [5, 5.41) is 15.1. The molecule has 35 heavy (non-hydrogen) atoms. The van der Waals surface area contributed by atoms with E-state index >= 15 is 0 Å². The molecule has 0 atom stereocenters. The normalized spacial score (nSPS) is 13.7. The topological polar surface area (TPSA) is 135 Å². The van der Waals surface area contributed by atoms with E-state index in [0.29, 0.717) is 48.4 Å². The zero-order chi connectivity index (χ0) is 25.5. The lowest BCUT2D eigenvalue weighted by Crippen LogP contribution is -2.42. The highest BCUT2D eigenvalue weighted by Crippen LogP contribution is 2.21. The van der Waals surface area contributed by atoms with E-state index in [9.17, 15) is 19.6 Å². The molecule has 1 aliphatic rings. The van der Waals surface area contributed by atoms with Crippen molar-refractivity contribution >= 4 is 35.6 Å². The Morgan fingerprint density at radius 3 is 2.77 bits per heavy atom. The molecule has 3 rings (SSSR count). The molecule has 2 amide bonds. The number of anilines is 3. The van der Waals surface area contributed by atoms with Gasteiger partial charge < -0.3 is 10.2 Å². The molecule has 182 valence electrons. The second-order valence-electron chi connectivity index (χ2n) is 8.55. The fourth-order valence-corrected chi connectivity index (χ4v) is 3.59. The van der Waals surface area contributed by atoms with Crippen molar-refractivity contribution < 1.29 is 14.4 Å². The summed E-state index contributed by atoms with van der Waals surface area (Å²) >= 11 is 0. The fraction of sp³-hybridized carbons (Fsp3) is 0.375. The number of carbonyl (C=O) groups excluding carboxylic acids is 3. The minimum absolute atomic E-state index is 0.0872. The van der Waals surface area contributed by atoms with E-state index in [2.05, 4.69) is 26.7 Å². The number of nitriles is 1. The Morgan fingerprint density at radius 1 is 1.34 bits per heavy atom. The predicted octanol–water partition coefficient (Wildman–Crippen LogP) is 2.11. The van der Waals surface area contributed by atoms with Crippen LogP contribution in [0.2, 0.25) is 0 Å². The molecule has 0 unspecified atom stereocenters. The second-order valence-corrected chi connectivity index (χ2v) is 8.55. The standard InChI is InChI=1S/C24H28N8O3/c1-16(2)27-20-9-22(26-11-18(20)10-25)29-24(35)31(4)23-6-5-17(21(15-34)28-23)12-32-8-7-30(3)13-19(32)14-33/h5-6,9,11,15-16H,7-8,12-13H2,1-4H3,(H2,26,27,29,35). The summed E-state index contributed by atoms with van der Waals surface area (Å²) in [4.78, 5) is 49.6. The van der Waals surface area contributed by atoms with Crippen LogP contribution in [0.5, 0.6) is 0 Å². The maximum Gasteiger partial charge on any atom is 0.328 e. The molecule has 3 heterocycles. The minimum atomic E-state index is -0.514. The number of hydrogen-bond acceptors (Lipinski definition) is 9. The first-order chi connectivity index (χ1) is 16.7. The monoisotopic (exact) mass is 476 g/mol. The highest BCUT2D eigenvalue weighted by molar-refractivity contribution is 6.00. The molecular weight excluding hydrogens is 448 g/mol. The van der Waals surface area contributed by atoms with Crippen LogP contribution in [0.3, 0.4) is 0 Å². The van der Waals surface area contributed by atoms with Gasteiger partial charge >= 0.3 is 6.03 Å². The summed E-state index contributed by atoms with van der Waals surface area (Å²) in [6.07, 6.45) is 2.02. The quantitative estimate of drug-likeness (QED) is 0.455. The van der Waals surface area contributed by atoms with Crippen LogP contribution < -0.4 is 15.5 Å². The number of aldehydes is 1. The van der Waals surface area contributed by atoms with E-state index < -0.39 is 6.03 Å². The van der Waals surface area contributed by atoms with Crippen molar-refractivity contribution in [3.63, 3.8) is 0 Å². The van der Waals surface area contributed by atoms with Gasteiger partial charge in [-0.3, -0.25) is 19.9 Å². The van der Waals surface area contributed by atoms with Crippen LogP contribution in [-0.4, -0.2) is 77.8 Å². The smallest absolute Gasteiger partial charge is 0.328 e. The van der Waals surface area contributed by atoms with Gasteiger partial charge in [0.2, 0.25) is 0 Å². The Morgan fingerprint density at radius 2 is 2.11 bits per heavy atom. The third kappa shape index (κ3) is 6.20. The largest absolute Gasteiger partial charge is 0.382 e. The summed E-state index contributed by atoms with van der Waals surface area (Å²) < 4.78 is 0. The van der Waals surface area contributed by atoms with Gasteiger partial charge in [0.1, 0.15) is 35.0 Å². The fourth-order valence-electron chi connectivity index (χ4n) is 3.59. The molecule has 2 aromatic heterocycles. The third-order valence-electron chi connectivity index (χ3n) is 5.49. The SMILES string of the molecule is CC(C)Nc1cc(NC(=O)N(C)c2ccc(CN3CCN(C)CC3=C=O)c(C=O)n2)ncc1C#N. The molecule has 2 aromatic rings. The maximum absolute atomic E-state index is 12.8. The van der Waals surface area contributed by atoms with Gasteiger partial charge in [-0.25, -0.2) is 19.6 Å². The molecule has 2 N–H and O–H groups in total. The first-order valence-electron chi connectivity index (χ1n) is 11.1. The lowest BCUT2D eigenvalue weighted by molar-refractivity contribution is 0.111. The highest BCUT2D eigenvalue weighted by atomic mass is 16.2. The number of amides is 2. The molecule has 1 saturated heterocycles. The van der Waals surface area contributed by atoms with Gasteiger partial charge in [0.05, 0.1) is 11.3 Å². The van der Waals surface area contributed by atoms with Crippen molar-refractivity contribution in [2.45, 2.75) is 26.4 Å². The van der Waals surface area contributed by atoms with Crippen LogP contribution in [0.1, 0.15) is 35.5 Å². The molecule has 11 heteroatoms. The number of nitrogens with one attached hydrogen (secondary N) is 2. The van der Waals surface area contributed by atoms with E-state index in [0.717, 1.165) is 6.54 Å². The molecule has 0 aliphatic carbocycles. The number of carbonyl (C=O) groups is 2. The summed E-state index contributed by atoms with van der Waals surface area (Å²) in [6, 6.07) is 6.59. The number of piperazine rings is 1. The number of pyridine rings is 2. The summed E-state index contributed by atoms with van der Waals surface area (Å²) in [5.41, 5.74) is 2.29. The average Bonchev–Trinajstić information content (AvgIpc) is 2.84. The number of urea groups is 1. The summed E-state index contributed by atoms with van der Waals surface area (Å²) in [5.74, 6) is 2.52. The van der Waals surface area contributed by atoms with E-state index in [1.54, 1.807) is 18.2 Å². The Labute approximate surface area is 204 Å². The second kappa shape index (κ2) is 11.2. The Kier molecular flexibility index (Phi) is 8.15. The Hall–Kier alpha value is -4.26. The zero-order valence-electron chi connectivity index (χ0n) is 20.2. The zero-order valence-corrected chi connectivity index (χ0v) is 20.2. The maximum atomic E-state index is 12.8. The van der Waals surface area contributed by atoms with Crippen LogP contribution in [0.15, 0.2) is 30.1 Å². The predicted molar refractivity (Wildman–Crippen MR) is 132 cm³/mol. The molecule has 1 aliphatic heterocycles. The molecule has 0 saturated carbocycles. The Balaban J connectivity index is 1.75. The number of aromatic nitrogens is 2. The average molecular weight is 477 g/mol. The van der Waals surface area contributed by atoms with Gasteiger partial charge in [0.25, 0.3) is 0 Å². The Bertz CT molecular complexity index is 1200. The highest BCUT2D eigenvalue weighted by Gasteiger charge is 2.22. The lowest BCUT2D eigenvalue weighted by Gasteiger charge is -2.34. The summed E-state index contributed by atoms with van der Waals surface area (Å²) in [7, 11) is 3.45. The van der Waals surface area contributed by atoms with Crippen molar-refractivity contribution in [1.29, 1.82) is 5.26 Å². The number of nitrogens with zero attached hydrogens (tertiary/aromatic N) is 6. The number of hydrogen-bond donors (Lipinski definition) is 2. The van der Waals surface area contributed by atoms with E-state index in [-0.39, 0.29) is 23.4 Å². The van der Waals surface area contributed by atoms with Crippen LogP contribution >= 0.6 is 0 Å². The first-order valence-corrected chi connectivity index (χ1v) is 11.1. The van der Waals surface area contributed by atoms with Crippen molar-refractivity contribution in [2.24, 2.45) is 0 Å². The van der Waals surface area contributed by atoms with Crippen LogP contribution in [0, 0.1) is 11.3 Å². The van der Waals surface area contributed by atoms with Crippen LogP contribution in [0.25, 0.3) is 0 Å². The van der Waals surface area contributed by atoms with Gasteiger partial charge in [0.15, 0.2) is 6.29 Å². The van der Waals surface area contributed by atoms with Crippen LogP contribution in [-0.2, 0) is 11.3 Å². The van der Waals surface area contributed by atoms with Crippen molar-refractivity contribution in [2.75, 3.05) is 49.3 Å². The van der Waals surface area contributed by atoms with Crippen molar-refractivity contribution in [3.8, 4) is 6.07 Å². The van der Waals surface area contributed by atoms with Gasteiger partial charge in [-0.05, 0) is 27.0 Å². The molecule has 11 nitrogen and oxygen atoms in total. The molecular formula is C24H28N8O3. The molecule has 0 aromatic carbocycles. The summed E-state index contributed by atoms with van der Waals surface area (Å²) in [6.45, 7) is 6.13.